The summed E-state index contributed by atoms with van der Waals surface area (Å²) in [6.45, 7) is 2.08. The highest BCUT2D eigenvalue weighted by molar-refractivity contribution is 6.35. The third kappa shape index (κ3) is 4.20. The van der Waals surface area contributed by atoms with Crippen LogP contribution in [0.15, 0.2) is 66.9 Å². The Morgan fingerprint density at radius 2 is 1.73 bits per heavy atom. The van der Waals surface area contributed by atoms with Crippen LogP contribution in [0.1, 0.15) is 34.1 Å². The van der Waals surface area contributed by atoms with E-state index >= 15 is 0 Å². The van der Waals surface area contributed by atoms with E-state index in [4.69, 9.17) is 11.6 Å². The molecule has 0 bridgehead atoms. The number of benzene rings is 2. The lowest BCUT2D eigenvalue weighted by molar-refractivity contribution is -0.384. The van der Waals surface area contributed by atoms with E-state index in [1.807, 2.05) is 19.2 Å². The van der Waals surface area contributed by atoms with Crippen LogP contribution in [-0.4, -0.2) is 30.1 Å². The molecule has 2 aromatic carbocycles. The highest BCUT2D eigenvalue weighted by atomic mass is 35.5. The highest BCUT2D eigenvalue weighted by Crippen LogP contribution is 2.30. The molecule has 2 heterocycles. The van der Waals surface area contributed by atoms with Gasteiger partial charge in [-0.3, -0.25) is 19.5 Å². The minimum atomic E-state index is -0.558. The predicted octanol–water partition coefficient (Wildman–Crippen LogP) is 5.09. The van der Waals surface area contributed by atoms with E-state index in [1.165, 1.54) is 34.9 Å². The molecule has 0 aliphatic rings. The van der Waals surface area contributed by atoms with Gasteiger partial charge < -0.3 is 14.8 Å². The molecule has 0 spiro atoms. The zero-order valence-electron chi connectivity index (χ0n) is 17.6. The van der Waals surface area contributed by atoms with Crippen LogP contribution in [0.5, 0.6) is 11.8 Å². The second-order valence-corrected chi connectivity index (χ2v) is 7.87. The van der Waals surface area contributed by atoms with Crippen molar-refractivity contribution in [2.45, 2.75) is 19.9 Å². The molecule has 0 aliphatic heterocycles. The fourth-order valence-corrected chi connectivity index (χ4v) is 3.92. The number of ketones is 1. The maximum atomic E-state index is 13.4. The van der Waals surface area contributed by atoms with Crippen molar-refractivity contribution >= 4 is 23.1 Å². The van der Waals surface area contributed by atoms with Crippen molar-refractivity contribution in [2.24, 2.45) is 0 Å². The number of aromatic hydroxyl groups is 2. The van der Waals surface area contributed by atoms with Crippen LogP contribution >= 0.6 is 11.6 Å². The van der Waals surface area contributed by atoms with Gasteiger partial charge in [-0.15, -0.1) is 0 Å². The van der Waals surface area contributed by atoms with Gasteiger partial charge in [0.2, 0.25) is 0 Å². The van der Waals surface area contributed by atoms with Gasteiger partial charge in [-0.05, 0) is 36.2 Å². The summed E-state index contributed by atoms with van der Waals surface area (Å²) in [6.07, 6.45) is 2.53. The zero-order valence-corrected chi connectivity index (χ0v) is 18.4. The lowest BCUT2D eigenvalue weighted by Crippen LogP contribution is -2.11. The number of carbonyl (C=O) groups is 1. The van der Waals surface area contributed by atoms with E-state index in [2.05, 4.69) is 0 Å². The fourth-order valence-electron chi connectivity index (χ4n) is 3.70. The molecule has 2 N–H and O–H groups in total. The quantitative estimate of drug-likeness (QED) is 0.224. The molecule has 0 amide bonds. The van der Waals surface area contributed by atoms with Crippen LogP contribution < -0.4 is 0 Å². The van der Waals surface area contributed by atoms with Gasteiger partial charge in [-0.25, -0.2) is 0 Å². The summed E-state index contributed by atoms with van der Waals surface area (Å²) in [5.41, 5.74) is 2.15. The molecule has 4 aromatic rings. The Morgan fingerprint density at radius 1 is 1.03 bits per heavy atom. The molecular weight excluding hydrogens is 446 g/mol. The van der Waals surface area contributed by atoms with Crippen molar-refractivity contribution in [3.8, 4) is 17.4 Å². The van der Waals surface area contributed by atoms with Gasteiger partial charge in [0.1, 0.15) is 0 Å². The van der Waals surface area contributed by atoms with Crippen LogP contribution in [0.4, 0.5) is 5.69 Å². The summed E-state index contributed by atoms with van der Waals surface area (Å²) in [4.78, 5) is 24.3. The Bertz CT molecular complexity index is 1350. The number of carbonyl (C=O) groups excluding carboxylic acids is 1. The summed E-state index contributed by atoms with van der Waals surface area (Å²) >= 11 is 6.24. The SMILES string of the molecule is CCc1cc(Cn2c(O)ccc2O)n(-c2ccc([N+](=O)[O-])cc2C(=O)c2ccccc2Cl)c1. The topological polar surface area (TPSA) is 111 Å². The van der Waals surface area contributed by atoms with Crippen molar-refractivity contribution in [1.82, 2.24) is 9.13 Å². The van der Waals surface area contributed by atoms with E-state index in [0.29, 0.717) is 17.8 Å². The normalized spacial score (nSPS) is 11.0. The number of halogens is 1. The maximum absolute atomic E-state index is 13.4. The smallest absolute Gasteiger partial charge is 0.270 e. The van der Waals surface area contributed by atoms with Gasteiger partial charge in [-0.1, -0.05) is 30.7 Å². The minimum Gasteiger partial charge on any atom is -0.494 e. The molecule has 0 radical (unpaired) electrons. The van der Waals surface area contributed by atoms with Crippen molar-refractivity contribution in [3.05, 3.63) is 104 Å². The number of hydrogen-bond acceptors (Lipinski definition) is 5. The molecular formula is C24H20ClN3O5. The van der Waals surface area contributed by atoms with Crippen LogP contribution in [-0.2, 0) is 13.0 Å². The number of aromatic nitrogens is 2. The van der Waals surface area contributed by atoms with E-state index < -0.39 is 10.7 Å². The van der Waals surface area contributed by atoms with Crippen LogP contribution in [0.25, 0.3) is 5.69 Å². The summed E-state index contributed by atoms with van der Waals surface area (Å²) in [5.74, 6) is -0.688. The van der Waals surface area contributed by atoms with Gasteiger partial charge >= 0.3 is 0 Å². The summed E-state index contributed by atoms with van der Waals surface area (Å²) in [5, 5.41) is 31.8. The first-order valence-electron chi connectivity index (χ1n) is 10.2. The number of aryl methyl sites for hydroxylation is 1. The molecule has 0 atom stereocenters. The summed E-state index contributed by atoms with van der Waals surface area (Å²) in [7, 11) is 0. The summed E-state index contributed by atoms with van der Waals surface area (Å²) < 4.78 is 3.05. The molecule has 4 rings (SSSR count). The van der Waals surface area contributed by atoms with Crippen LogP contribution in [0.3, 0.4) is 0 Å². The van der Waals surface area contributed by atoms with Crippen LogP contribution in [0.2, 0.25) is 5.02 Å². The Labute approximate surface area is 194 Å². The Kier molecular flexibility index (Phi) is 5.93. The average molecular weight is 466 g/mol. The van der Waals surface area contributed by atoms with Gasteiger partial charge in [-0.2, -0.15) is 0 Å². The number of nitro benzene ring substituents is 1. The Hall–Kier alpha value is -4.04. The Morgan fingerprint density at radius 3 is 2.36 bits per heavy atom. The monoisotopic (exact) mass is 465 g/mol. The number of hydrogen-bond donors (Lipinski definition) is 2. The van der Waals surface area contributed by atoms with Crippen molar-refractivity contribution in [3.63, 3.8) is 0 Å². The van der Waals surface area contributed by atoms with Crippen molar-refractivity contribution in [1.29, 1.82) is 0 Å². The van der Waals surface area contributed by atoms with Gasteiger partial charge in [0, 0.05) is 41.7 Å². The molecule has 0 aliphatic carbocycles. The first-order valence-corrected chi connectivity index (χ1v) is 10.5. The van der Waals surface area contributed by atoms with Gasteiger partial charge in [0.15, 0.2) is 17.5 Å². The first kappa shape index (κ1) is 22.2. The van der Waals surface area contributed by atoms with E-state index in [-0.39, 0.29) is 40.1 Å². The fraction of sp³-hybridized carbons (Fsp3) is 0.125. The lowest BCUT2D eigenvalue weighted by Gasteiger charge is -2.15. The number of nitrogens with zero attached hydrogens (tertiary/aromatic N) is 3. The maximum Gasteiger partial charge on any atom is 0.270 e. The first-order chi connectivity index (χ1) is 15.8. The Balaban J connectivity index is 1.91. The average Bonchev–Trinajstić information content (AvgIpc) is 3.36. The molecule has 0 saturated heterocycles. The molecule has 8 nitrogen and oxygen atoms in total. The van der Waals surface area contributed by atoms with Crippen molar-refractivity contribution < 1.29 is 19.9 Å². The third-order valence-electron chi connectivity index (χ3n) is 5.43. The van der Waals surface area contributed by atoms with Gasteiger partial charge in [0.25, 0.3) is 5.69 Å². The molecule has 0 fully saturated rings. The second-order valence-electron chi connectivity index (χ2n) is 7.47. The minimum absolute atomic E-state index is 0.109. The molecule has 33 heavy (non-hydrogen) atoms. The number of non-ortho nitro benzene ring substituents is 1. The lowest BCUT2D eigenvalue weighted by atomic mass is 10.0. The highest BCUT2D eigenvalue weighted by Gasteiger charge is 2.23. The summed E-state index contributed by atoms with van der Waals surface area (Å²) in [6, 6.07) is 15.2. The van der Waals surface area contributed by atoms with Crippen LogP contribution in [0, 0.1) is 10.1 Å². The van der Waals surface area contributed by atoms with Gasteiger partial charge in [0.05, 0.1) is 27.7 Å². The van der Waals surface area contributed by atoms with E-state index in [0.717, 1.165) is 5.56 Å². The van der Waals surface area contributed by atoms with E-state index in [9.17, 15) is 25.1 Å². The third-order valence-corrected chi connectivity index (χ3v) is 5.76. The zero-order chi connectivity index (χ0) is 23.7. The second kappa shape index (κ2) is 8.84. The molecule has 0 unspecified atom stereocenters. The standard InChI is InChI=1S/C24H20ClN3O5/c1-2-15-11-17(14-27-22(29)9-10-23(27)30)26(13-15)21-8-7-16(28(32)33)12-19(21)24(31)18-5-3-4-6-20(18)25/h3-13,29-30H,2,14H2,1H3. The largest absolute Gasteiger partial charge is 0.494 e. The number of rotatable bonds is 7. The molecule has 2 aromatic heterocycles. The van der Waals surface area contributed by atoms with E-state index in [1.54, 1.807) is 28.8 Å². The van der Waals surface area contributed by atoms with Crippen molar-refractivity contribution in [2.75, 3.05) is 0 Å². The molecule has 168 valence electrons. The predicted molar refractivity (Wildman–Crippen MR) is 124 cm³/mol. The molecule has 0 saturated carbocycles. The molecule has 9 heteroatoms. The number of nitro groups is 1.